The number of nitrogens with one attached hydrogen (secondary N) is 1. The number of carbonyl (C=O) groups is 2. The summed E-state index contributed by atoms with van der Waals surface area (Å²) < 4.78 is 7.17. The highest BCUT2D eigenvalue weighted by Gasteiger charge is 2.25. The van der Waals surface area contributed by atoms with Crippen molar-refractivity contribution in [2.24, 2.45) is 0 Å². The van der Waals surface area contributed by atoms with Crippen LogP contribution in [0.4, 0.5) is 9.93 Å². The molecule has 1 N–H and O–H groups in total. The molecular formula is C26H21N3O3S2. The van der Waals surface area contributed by atoms with Crippen LogP contribution in [0, 0.1) is 0 Å². The molecule has 0 bridgehead atoms. The summed E-state index contributed by atoms with van der Waals surface area (Å²) in [6, 6.07) is 25.9. The summed E-state index contributed by atoms with van der Waals surface area (Å²) in [5.41, 5.74) is 3.34. The zero-order valence-corrected chi connectivity index (χ0v) is 19.8. The van der Waals surface area contributed by atoms with E-state index in [4.69, 9.17) is 9.72 Å². The zero-order chi connectivity index (χ0) is 23.3. The van der Waals surface area contributed by atoms with Gasteiger partial charge in [0.2, 0.25) is 5.12 Å². The van der Waals surface area contributed by atoms with Crippen molar-refractivity contribution in [3.05, 3.63) is 95.7 Å². The lowest BCUT2D eigenvalue weighted by molar-refractivity contribution is -0.107. The van der Waals surface area contributed by atoms with Crippen LogP contribution in [-0.4, -0.2) is 28.5 Å². The quantitative estimate of drug-likeness (QED) is 0.321. The van der Waals surface area contributed by atoms with Crippen LogP contribution in [0.1, 0.15) is 11.1 Å². The average Bonchev–Trinajstić information content (AvgIpc) is 3.42. The van der Waals surface area contributed by atoms with Crippen LogP contribution >= 0.6 is 23.1 Å². The van der Waals surface area contributed by atoms with E-state index in [9.17, 15) is 9.59 Å². The van der Waals surface area contributed by atoms with Crippen molar-refractivity contribution in [1.82, 2.24) is 10.3 Å². The number of fused-ring (bicyclic) bond motifs is 1. The largest absolute Gasteiger partial charge is 0.492 e. The maximum absolute atomic E-state index is 11.7. The molecular weight excluding hydrogens is 466 g/mol. The molecule has 1 aliphatic heterocycles. The standard InChI is InChI=1S/C26H21N3O3S2/c30-24-22(28-26(31)34-24)16-18-10-12-20(13-11-18)32-15-14-29(17-19-6-2-1-3-7-19)25-27-21-8-4-5-9-23(21)33-25/h1-13,16H,14-15,17H2,(H,28,31). The molecule has 0 atom stereocenters. The second kappa shape index (κ2) is 10.1. The Hall–Kier alpha value is -3.62. The molecule has 0 radical (unpaired) electrons. The van der Waals surface area contributed by atoms with Crippen molar-refractivity contribution in [1.29, 1.82) is 0 Å². The van der Waals surface area contributed by atoms with Gasteiger partial charge in [0.1, 0.15) is 12.4 Å². The Kier molecular flexibility index (Phi) is 6.60. The number of thioether (sulfide) groups is 1. The van der Waals surface area contributed by atoms with E-state index in [0.29, 0.717) is 30.6 Å². The highest BCUT2D eigenvalue weighted by Crippen LogP contribution is 2.29. The molecule has 6 nitrogen and oxygen atoms in total. The number of hydrogen-bond acceptors (Lipinski definition) is 7. The summed E-state index contributed by atoms with van der Waals surface area (Å²) in [4.78, 5) is 30.1. The van der Waals surface area contributed by atoms with Crippen LogP contribution in [0.5, 0.6) is 5.75 Å². The van der Waals surface area contributed by atoms with Gasteiger partial charge in [0.05, 0.1) is 22.5 Å². The molecule has 5 rings (SSSR count). The highest BCUT2D eigenvalue weighted by molar-refractivity contribution is 8.27. The number of ether oxygens (including phenoxy) is 1. The Bertz CT molecular complexity index is 1320. The van der Waals surface area contributed by atoms with E-state index in [1.807, 2.05) is 60.7 Å². The van der Waals surface area contributed by atoms with E-state index >= 15 is 0 Å². The SMILES string of the molecule is O=C1NC(=Cc2ccc(OCCN(Cc3ccccc3)c3nc4ccccc4s3)cc2)C(=O)S1. The molecule has 3 aromatic carbocycles. The molecule has 1 amide bonds. The third-order valence-corrected chi connectivity index (χ3v) is 7.02. The van der Waals surface area contributed by atoms with Gasteiger partial charge in [0.25, 0.3) is 5.24 Å². The molecule has 0 spiro atoms. The molecule has 1 aliphatic rings. The van der Waals surface area contributed by atoms with E-state index in [1.54, 1.807) is 17.4 Å². The minimum absolute atomic E-state index is 0.265. The van der Waals surface area contributed by atoms with Gasteiger partial charge in [0, 0.05) is 18.3 Å². The fourth-order valence-corrected chi connectivity index (χ4v) is 5.10. The molecule has 1 fully saturated rings. The number of para-hydroxylation sites is 1. The summed E-state index contributed by atoms with van der Waals surface area (Å²) >= 11 is 2.36. The van der Waals surface area contributed by atoms with Crippen LogP contribution in [0.2, 0.25) is 0 Å². The van der Waals surface area contributed by atoms with Gasteiger partial charge in [-0.1, -0.05) is 65.9 Å². The van der Waals surface area contributed by atoms with E-state index in [1.165, 1.54) is 5.56 Å². The van der Waals surface area contributed by atoms with E-state index in [0.717, 1.165) is 33.2 Å². The molecule has 8 heteroatoms. The van der Waals surface area contributed by atoms with E-state index in [2.05, 4.69) is 28.4 Å². The Balaban J connectivity index is 1.25. The van der Waals surface area contributed by atoms with Crippen molar-refractivity contribution < 1.29 is 14.3 Å². The molecule has 4 aromatic rings. The number of thiazole rings is 1. The van der Waals surface area contributed by atoms with Gasteiger partial charge in [-0.2, -0.15) is 0 Å². The summed E-state index contributed by atoms with van der Waals surface area (Å²) in [6.45, 7) is 1.92. The third kappa shape index (κ3) is 5.30. The van der Waals surface area contributed by atoms with Crippen molar-refractivity contribution in [3.8, 4) is 5.75 Å². The van der Waals surface area contributed by atoms with Crippen molar-refractivity contribution >= 4 is 54.9 Å². The van der Waals surface area contributed by atoms with Gasteiger partial charge in [-0.15, -0.1) is 0 Å². The smallest absolute Gasteiger partial charge is 0.291 e. The molecule has 170 valence electrons. The molecule has 2 heterocycles. The molecule has 0 saturated carbocycles. The topological polar surface area (TPSA) is 71.5 Å². The fraction of sp³-hybridized carbons (Fsp3) is 0.115. The number of nitrogens with zero attached hydrogens (tertiary/aromatic N) is 2. The van der Waals surface area contributed by atoms with Gasteiger partial charge < -0.3 is 15.0 Å². The van der Waals surface area contributed by atoms with Gasteiger partial charge in [-0.3, -0.25) is 9.59 Å². The lowest BCUT2D eigenvalue weighted by atomic mass is 10.2. The predicted molar refractivity (Wildman–Crippen MR) is 138 cm³/mol. The summed E-state index contributed by atoms with van der Waals surface area (Å²) in [7, 11) is 0. The molecule has 0 unspecified atom stereocenters. The van der Waals surface area contributed by atoms with Crippen molar-refractivity contribution in [2.75, 3.05) is 18.1 Å². The fourth-order valence-electron chi connectivity index (χ4n) is 3.56. The van der Waals surface area contributed by atoms with Gasteiger partial charge in [0.15, 0.2) is 5.13 Å². The number of rotatable bonds is 8. The summed E-state index contributed by atoms with van der Waals surface area (Å²) in [5.74, 6) is 0.738. The van der Waals surface area contributed by atoms with Crippen molar-refractivity contribution in [2.45, 2.75) is 6.54 Å². The van der Waals surface area contributed by atoms with E-state index in [-0.39, 0.29) is 10.4 Å². The van der Waals surface area contributed by atoms with Crippen LogP contribution in [-0.2, 0) is 11.3 Å². The van der Waals surface area contributed by atoms with Crippen molar-refractivity contribution in [3.63, 3.8) is 0 Å². The Labute approximate surface area is 205 Å². The lowest BCUT2D eigenvalue weighted by Crippen LogP contribution is -2.27. The van der Waals surface area contributed by atoms with Crippen LogP contribution in [0.25, 0.3) is 16.3 Å². The first-order valence-corrected chi connectivity index (χ1v) is 12.4. The Morgan fingerprint density at radius 2 is 1.71 bits per heavy atom. The van der Waals surface area contributed by atoms with Crippen LogP contribution in [0.15, 0.2) is 84.6 Å². The van der Waals surface area contributed by atoms with Gasteiger partial charge in [-0.25, -0.2) is 4.98 Å². The second-order valence-corrected chi connectivity index (χ2v) is 9.60. The number of aromatic nitrogens is 1. The number of hydrogen-bond donors (Lipinski definition) is 1. The average molecular weight is 488 g/mol. The predicted octanol–water partition coefficient (Wildman–Crippen LogP) is 5.71. The maximum atomic E-state index is 11.7. The second-order valence-electron chi connectivity index (χ2n) is 7.65. The summed E-state index contributed by atoms with van der Waals surface area (Å²) in [6.07, 6.45) is 1.67. The van der Waals surface area contributed by atoms with E-state index < -0.39 is 0 Å². The molecule has 1 aromatic heterocycles. The third-order valence-electron chi connectivity index (χ3n) is 5.23. The van der Waals surface area contributed by atoms with Gasteiger partial charge >= 0.3 is 0 Å². The maximum Gasteiger partial charge on any atom is 0.291 e. The first kappa shape index (κ1) is 22.2. The van der Waals surface area contributed by atoms with Crippen LogP contribution < -0.4 is 15.0 Å². The number of benzene rings is 3. The molecule has 0 aliphatic carbocycles. The first-order chi connectivity index (χ1) is 16.6. The summed E-state index contributed by atoms with van der Waals surface area (Å²) in [5, 5.41) is 2.91. The number of anilines is 1. The Morgan fingerprint density at radius 3 is 2.44 bits per heavy atom. The minimum Gasteiger partial charge on any atom is -0.492 e. The minimum atomic E-state index is -0.343. The zero-order valence-electron chi connectivity index (χ0n) is 18.1. The number of carbonyl (C=O) groups excluding carboxylic acids is 2. The first-order valence-electron chi connectivity index (χ1n) is 10.8. The van der Waals surface area contributed by atoms with Gasteiger partial charge in [-0.05, 0) is 41.5 Å². The highest BCUT2D eigenvalue weighted by atomic mass is 32.2. The molecule has 34 heavy (non-hydrogen) atoms. The monoisotopic (exact) mass is 487 g/mol. The normalized spacial score (nSPS) is 14.5. The van der Waals surface area contributed by atoms with Crippen LogP contribution in [0.3, 0.4) is 0 Å². The molecule has 1 saturated heterocycles. The number of amides is 1. The lowest BCUT2D eigenvalue weighted by Gasteiger charge is -2.22. The Morgan fingerprint density at radius 1 is 0.941 bits per heavy atom.